The Morgan fingerprint density at radius 1 is 1.26 bits per heavy atom. The Kier molecular flexibility index (Phi) is 5.76. The summed E-state index contributed by atoms with van der Waals surface area (Å²) in [6.07, 6.45) is 1.22. The number of halogens is 1. The number of anilines is 1. The van der Waals surface area contributed by atoms with Gasteiger partial charge in [-0.1, -0.05) is 37.6 Å². The molecule has 0 unspecified atom stereocenters. The van der Waals surface area contributed by atoms with Crippen molar-refractivity contribution in [2.45, 2.75) is 20.4 Å². The zero-order chi connectivity index (χ0) is 19.4. The molecule has 1 amide bonds. The third-order valence-corrected chi connectivity index (χ3v) is 4.14. The van der Waals surface area contributed by atoms with E-state index in [1.807, 2.05) is 19.9 Å². The van der Waals surface area contributed by atoms with Crippen molar-refractivity contribution in [2.24, 2.45) is 5.92 Å². The number of rotatable bonds is 6. The van der Waals surface area contributed by atoms with Crippen LogP contribution in [0, 0.1) is 5.92 Å². The molecule has 0 fully saturated rings. The van der Waals surface area contributed by atoms with Crippen LogP contribution in [0.15, 0.2) is 53.5 Å². The van der Waals surface area contributed by atoms with E-state index in [1.165, 1.54) is 10.8 Å². The van der Waals surface area contributed by atoms with Crippen LogP contribution in [0.3, 0.4) is 0 Å². The van der Waals surface area contributed by atoms with Crippen molar-refractivity contribution < 1.29 is 9.53 Å². The maximum atomic E-state index is 12.4. The van der Waals surface area contributed by atoms with Crippen molar-refractivity contribution in [1.82, 2.24) is 9.55 Å². The predicted molar refractivity (Wildman–Crippen MR) is 106 cm³/mol. The van der Waals surface area contributed by atoms with Crippen molar-refractivity contribution >= 4 is 34.2 Å². The van der Waals surface area contributed by atoms with Crippen LogP contribution in [0.4, 0.5) is 5.69 Å². The molecule has 3 aromatic rings. The number of carbonyl (C=O) groups is 1. The van der Waals surface area contributed by atoms with E-state index in [-0.39, 0.29) is 18.0 Å². The molecule has 0 aliphatic heterocycles. The monoisotopic (exact) mass is 385 g/mol. The lowest BCUT2D eigenvalue weighted by molar-refractivity contribution is -0.116. The summed E-state index contributed by atoms with van der Waals surface area (Å²) in [4.78, 5) is 28.6. The molecule has 3 rings (SSSR count). The van der Waals surface area contributed by atoms with E-state index in [1.54, 1.807) is 36.4 Å². The highest BCUT2D eigenvalue weighted by molar-refractivity contribution is 6.32. The zero-order valence-electron chi connectivity index (χ0n) is 15.1. The summed E-state index contributed by atoms with van der Waals surface area (Å²) in [5.74, 6) is 0.619. The molecular weight excluding hydrogens is 366 g/mol. The van der Waals surface area contributed by atoms with Crippen LogP contribution in [0.2, 0.25) is 5.02 Å². The number of para-hydroxylation sites is 2. The molecule has 0 saturated carbocycles. The lowest BCUT2D eigenvalue weighted by atomic mass is 10.2. The molecule has 1 N–H and O–H groups in total. The molecule has 1 aromatic heterocycles. The molecule has 2 aromatic carbocycles. The number of nitrogens with zero attached hydrogens (tertiary/aromatic N) is 2. The molecule has 0 atom stereocenters. The van der Waals surface area contributed by atoms with Crippen LogP contribution in [-0.2, 0) is 11.3 Å². The first-order valence-electron chi connectivity index (χ1n) is 8.61. The van der Waals surface area contributed by atoms with Crippen LogP contribution in [-0.4, -0.2) is 22.1 Å². The number of nitrogens with one attached hydrogen (secondary N) is 1. The first-order chi connectivity index (χ1) is 12.9. The topological polar surface area (TPSA) is 73.2 Å². The van der Waals surface area contributed by atoms with E-state index in [2.05, 4.69) is 10.3 Å². The van der Waals surface area contributed by atoms with Gasteiger partial charge in [-0.3, -0.25) is 14.2 Å². The van der Waals surface area contributed by atoms with Crippen LogP contribution >= 0.6 is 11.6 Å². The largest absolute Gasteiger partial charge is 0.492 e. The maximum Gasteiger partial charge on any atom is 0.269 e. The fourth-order valence-corrected chi connectivity index (χ4v) is 2.81. The summed E-state index contributed by atoms with van der Waals surface area (Å²) in [5, 5.41) is 3.17. The van der Waals surface area contributed by atoms with E-state index in [9.17, 15) is 9.59 Å². The summed E-state index contributed by atoms with van der Waals surface area (Å²) in [6, 6.07) is 12.2. The van der Waals surface area contributed by atoms with Gasteiger partial charge in [-0.2, -0.15) is 0 Å². The molecule has 0 saturated heterocycles. The van der Waals surface area contributed by atoms with Crippen molar-refractivity contribution in [3.05, 3.63) is 64.0 Å². The molecule has 6 nitrogen and oxygen atoms in total. The van der Waals surface area contributed by atoms with Gasteiger partial charge in [-0.15, -0.1) is 0 Å². The summed E-state index contributed by atoms with van der Waals surface area (Å²) in [5.41, 5.74) is 1.46. The van der Waals surface area contributed by atoms with E-state index in [0.717, 1.165) is 0 Å². The Morgan fingerprint density at radius 3 is 2.78 bits per heavy atom. The molecule has 0 aliphatic carbocycles. The third-order valence-electron chi connectivity index (χ3n) is 3.84. The minimum atomic E-state index is -0.334. The Labute approximate surface area is 161 Å². The number of hydrogen-bond donors (Lipinski definition) is 1. The SMILES string of the molecule is CC(C)COc1ccc(NC(=O)Cn2c(=O)cnc3ccccc32)cc1Cl. The van der Waals surface area contributed by atoms with Crippen LogP contribution in [0.5, 0.6) is 5.75 Å². The predicted octanol–water partition coefficient (Wildman–Crippen LogP) is 3.72. The van der Waals surface area contributed by atoms with Gasteiger partial charge in [-0.05, 0) is 36.2 Å². The first kappa shape index (κ1) is 18.9. The summed E-state index contributed by atoms with van der Waals surface area (Å²) in [7, 11) is 0. The molecular formula is C20H20ClN3O3. The van der Waals surface area contributed by atoms with Crippen LogP contribution in [0.25, 0.3) is 11.0 Å². The summed E-state index contributed by atoms with van der Waals surface area (Å²) < 4.78 is 7.01. The van der Waals surface area contributed by atoms with Gasteiger partial charge >= 0.3 is 0 Å². The first-order valence-corrected chi connectivity index (χ1v) is 8.98. The van der Waals surface area contributed by atoms with E-state index in [0.29, 0.717) is 40.0 Å². The lowest BCUT2D eigenvalue weighted by Crippen LogP contribution is -2.27. The van der Waals surface area contributed by atoms with Gasteiger partial charge in [0.15, 0.2) is 0 Å². The minimum absolute atomic E-state index is 0.120. The second kappa shape index (κ2) is 8.22. The standard InChI is InChI=1S/C20H20ClN3O3/c1-13(2)12-27-18-8-7-14(9-15(18)21)23-19(25)11-24-17-6-4-3-5-16(17)22-10-20(24)26/h3-10,13H,11-12H2,1-2H3,(H,23,25). The molecule has 0 aliphatic rings. The number of aromatic nitrogens is 2. The third kappa shape index (κ3) is 4.65. The van der Waals surface area contributed by atoms with Crippen molar-refractivity contribution in [3.63, 3.8) is 0 Å². The van der Waals surface area contributed by atoms with Gasteiger partial charge in [0.05, 0.1) is 28.9 Å². The second-order valence-corrected chi connectivity index (χ2v) is 6.98. The van der Waals surface area contributed by atoms with Crippen molar-refractivity contribution in [2.75, 3.05) is 11.9 Å². The quantitative estimate of drug-likeness (QED) is 0.701. The van der Waals surface area contributed by atoms with E-state index in [4.69, 9.17) is 16.3 Å². The fraction of sp³-hybridized carbons (Fsp3) is 0.250. The highest BCUT2D eigenvalue weighted by atomic mass is 35.5. The van der Waals surface area contributed by atoms with Crippen molar-refractivity contribution in [1.29, 1.82) is 0 Å². The van der Waals surface area contributed by atoms with Gasteiger partial charge in [-0.25, -0.2) is 4.98 Å². The van der Waals surface area contributed by atoms with Crippen molar-refractivity contribution in [3.8, 4) is 5.75 Å². The molecule has 0 radical (unpaired) electrons. The molecule has 1 heterocycles. The molecule has 0 spiro atoms. The van der Waals surface area contributed by atoms with Gasteiger partial charge in [0, 0.05) is 5.69 Å². The smallest absolute Gasteiger partial charge is 0.269 e. The zero-order valence-corrected chi connectivity index (χ0v) is 15.9. The highest BCUT2D eigenvalue weighted by Crippen LogP contribution is 2.28. The second-order valence-electron chi connectivity index (χ2n) is 6.57. The normalized spacial score (nSPS) is 11.0. The number of amides is 1. The minimum Gasteiger partial charge on any atom is -0.492 e. The average molecular weight is 386 g/mol. The maximum absolute atomic E-state index is 12.4. The molecule has 0 bridgehead atoms. The number of benzene rings is 2. The Bertz CT molecular complexity index is 1030. The molecule has 140 valence electrons. The summed E-state index contributed by atoms with van der Waals surface area (Å²) >= 11 is 6.22. The number of carbonyl (C=O) groups excluding carboxylic acids is 1. The number of fused-ring (bicyclic) bond motifs is 1. The molecule has 27 heavy (non-hydrogen) atoms. The number of hydrogen-bond acceptors (Lipinski definition) is 4. The Balaban J connectivity index is 1.74. The van der Waals surface area contributed by atoms with Gasteiger partial charge in [0.2, 0.25) is 5.91 Å². The van der Waals surface area contributed by atoms with Gasteiger partial charge in [0.1, 0.15) is 12.3 Å². The highest BCUT2D eigenvalue weighted by Gasteiger charge is 2.11. The Hall–Kier alpha value is -2.86. The Morgan fingerprint density at radius 2 is 2.04 bits per heavy atom. The van der Waals surface area contributed by atoms with Gasteiger partial charge in [0.25, 0.3) is 5.56 Å². The average Bonchev–Trinajstić information content (AvgIpc) is 2.63. The van der Waals surface area contributed by atoms with Gasteiger partial charge < -0.3 is 10.1 Å². The van der Waals surface area contributed by atoms with Crippen LogP contribution < -0.4 is 15.6 Å². The lowest BCUT2D eigenvalue weighted by Gasteiger charge is -2.13. The van der Waals surface area contributed by atoms with E-state index >= 15 is 0 Å². The van der Waals surface area contributed by atoms with E-state index < -0.39 is 0 Å². The number of ether oxygens (including phenoxy) is 1. The fourth-order valence-electron chi connectivity index (χ4n) is 2.57. The molecule has 7 heteroatoms. The summed E-state index contributed by atoms with van der Waals surface area (Å²) in [6.45, 7) is 4.54. The van der Waals surface area contributed by atoms with Crippen LogP contribution in [0.1, 0.15) is 13.8 Å².